The Kier molecular flexibility index (Phi) is 4.63. The van der Waals surface area contributed by atoms with Crippen molar-refractivity contribution < 1.29 is 4.43 Å². The second-order valence-electron chi connectivity index (χ2n) is 2.59. The van der Waals surface area contributed by atoms with Crippen LogP contribution in [0.2, 0.25) is 26.2 Å². The minimum absolute atomic E-state index is 0.500. The van der Waals surface area contributed by atoms with Crippen LogP contribution in [-0.2, 0) is 4.43 Å². The molecule has 58 valence electrons. The Morgan fingerprint density at radius 2 is 1.70 bits per heavy atom. The fraction of sp³-hybridized carbons (Fsp3) is 0.833. The normalized spacial score (nSPS) is 12.9. The predicted molar refractivity (Wildman–Crippen MR) is 49.2 cm³/mol. The summed E-state index contributed by atoms with van der Waals surface area (Å²) in [6, 6.07) is 0. The minimum atomic E-state index is -0.593. The quantitative estimate of drug-likeness (QED) is 0.355. The molecule has 0 saturated carbocycles. The van der Waals surface area contributed by atoms with Crippen molar-refractivity contribution in [1.29, 1.82) is 0 Å². The molecule has 0 aliphatic heterocycles. The second-order valence-corrected chi connectivity index (χ2v) is 6.73. The highest BCUT2D eigenvalue weighted by Gasteiger charge is 2.00. The van der Waals surface area contributed by atoms with Crippen molar-refractivity contribution in [3.8, 4) is 0 Å². The smallest absolute Gasteiger partial charge is 0.275 e. The van der Waals surface area contributed by atoms with Gasteiger partial charge in [-0.3, -0.25) is 4.66 Å². The first-order valence-electron chi connectivity index (χ1n) is 3.36. The van der Waals surface area contributed by atoms with Gasteiger partial charge in [0.25, 0.3) is 9.04 Å². The van der Waals surface area contributed by atoms with E-state index in [1.165, 1.54) is 0 Å². The molecule has 0 aliphatic rings. The zero-order valence-corrected chi connectivity index (χ0v) is 9.36. The van der Waals surface area contributed by atoms with Crippen molar-refractivity contribution in [1.82, 2.24) is 0 Å². The largest absolute Gasteiger partial charge is 0.534 e. The van der Waals surface area contributed by atoms with Gasteiger partial charge in [0.1, 0.15) is 0 Å². The first kappa shape index (κ1) is 9.90. The van der Waals surface area contributed by atoms with E-state index in [4.69, 9.17) is 4.43 Å². The summed E-state index contributed by atoms with van der Waals surface area (Å²) in [5.41, 5.74) is 0. The van der Waals surface area contributed by atoms with Crippen LogP contribution in [0.25, 0.3) is 0 Å². The molecule has 0 aromatic heterocycles. The van der Waals surface area contributed by atoms with E-state index in [1.54, 1.807) is 0 Å². The zero-order valence-electron chi connectivity index (χ0n) is 7.36. The van der Waals surface area contributed by atoms with Crippen molar-refractivity contribution in [2.75, 3.05) is 0 Å². The molecule has 0 rings (SSSR count). The van der Waals surface area contributed by atoms with Crippen LogP contribution in [-0.4, -0.2) is 23.9 Å². The molecular weight excluding hydrogens is 158 g/mol. The standard InChI is InChI=1S/C6H15NOSi2/c1-6(7-9(2)3)8-10(4)5/h1-5H3/b7-6+. The summed E-state index contributed by atoms with van der Waals surface area (Å²) in [4.78, 5) is 0. The van der Waals surface area contributed by atoms with E-state index in [2.05, 4.69) is 30.8 Å². The van der Waals surface area contributed by atoms with Crippen LogP contribution < -0.4 is 0 Å². The Bertz CT molecular complexity index is 123. The Morgan fingerprint density at radius 1 is 1.20 bits per heavy atom. The lowest BCUT2D eigenvalue weighted by atomic mass is 10.8. The van der Waals surface area contributed by atoms with Crippen LogP contribution in [0.15, 0.2) is 4.66 Å². The van der Waals surface area contributed by atoms with Gasteiger partial charge in [-0.2, -0.15) is 0 Å². The van der Waals surface area contributed by atoms with E-state index in [9.17, 15) is 0 Å². The minimum Gasteiger partial charge on any atom is -0.534 e. The summed E-state index contributed by atoms with van der Waals surface area (Å²) >= 11 is 0. The van der Waals surface area contributed by atoms with Crippen LogP contribution in [0.4, 0.5) is 0 Å². The maximum Gasteiger partial charge on any atom is 0.275 e. The lowest BCUT2D eigenvalue weighted by Gasteiger charge is -2.07. The molecule has 0 spiro atoms. The zero-order chi connectivity index (χ0) is 8.15. The third kappa shape index (κ3) is 6.03. The molecule has 0 saturated heterocycles. The van der Waals surface area contributed by atoms with Gasteiger partial charge in [0.2, 0.25) is 0 Å². The second kappa shape index (κ2) is 4.68. The number of nitrogens with zero attached hydrogens (tertiary/aromatic N) is 1. The van der Waals surface area contributed by atoms with Crippen LogP contribution >= 0.6 is 0 Å². The summed E-state index contributed by atoms with van der Waals surface area (Å²) in [5, 5.41) is 0. The predicted octanol–water partition coefficient (Wildman–Crippen LogP) is 1.92. The lowest BCUT2D eigenvalue weighted by molar-refractivity contribution is 0.573. The molecule has 0 fully saturated rings. The molecule has 2 nitrogen and oxygen atoms in total. The highest BCUT2D eigenvalue weighted by atomic mass is 28.3. The summed E-state index contributed by atoms with van der Waals surface area (Å²) in [6.45, 7) is 10.5. The molecule has 0 bridgehead atoms. The van der Waals surface area contributed by atoms with Gasteiger partial charge in [-0.1, -0.05) is 13.1 Å². The van der Waals surface area contributed by atoms with Crippen LogP contribution in [0, 0.1) is 0 Å². The van der Waals surface area contributed by atoms with E-state index >= 15 is 0 Å². The molecule has 0 aromatic rings. The van der Waals surface area contributed by atoms with Gasteiger partial charge in [0.05, 0.1) is 0 Å². The van der Waals surface area contributed by atoms with Crippen molar-refractivity contribution in [3.63, 3.8) is 0 Å². The van der Waals surface area contributed by atoms with Gasteiger partial charge in [-0.25, -0.2) is 0 Å². The van der Waals surface area contributed by atoms with Crippen LogP contribution in [0.1, 0.15) is 6.92 Å². The molecule has 2 radical (unpaired) electrons. The summed E-state index contributed by atoms with van der Waals surface area (Å²) in [6.07, 6.45) is 0. The van der Waals surface area contributed by atoms with Gasteiger partial charge in [-0.15, -0.1) is 0 Å². The van der Waals surface area contributed by atoms with Crippen LogP contribution in [0.5, 0.6) is 0 Å². The first-order chi connectivity index (χ1) is 4.52. The van der Waals surface area contributed by atoms with E-state index in [0.29, 0.717) is 0 Å². The van der Waals surface area contributed by atoms with Crippen molar-refractivity contribution in [2.24, 2.45) is 4.66 Å². The summed E-state index contributed by atoms with van der Waals surface area (Å²) < 4.78 is 9.78. The lowest BCUT2D eigenvalue weighted by Crippen LogP contribution is -2.14. The molecule has 0 atom stereocenters. The molecule has 0 amide bonds. The fourth-order valence-electron chi connectivity index (χ4n) is 0.633. The van der Waals surface area contributed by atoms with Crippen molar-refractivity contribution in [2.45, 2.75) is 33.1 Å². The maximum atomic E-state index is 5.44. The summed E-state index contributed by atoms with van der Waals surface area (Å²) in [5.74, 6) is 0.873. The Morgan fingerprint density at radius 3 is 2.00 bits per heavy atom. The number of rotatable bonds is 2. The third-order valence-corrected chi connectivity index (χ3v) is 2.20. The van der Waals surface area contributed by atoms with Gasteiger partial charge >= 0.3 is 0 Å². The highest BCUT2D eigenvalue weighted by Crippen LogP contribution is 1.90. The number of hydrogen-bond acceptors (Lipinski definition) is 2. The molecule has 4 heteroatoms. The summed E-state index contributed by atoms with van der Waals surface area (Å²) in [7, 11) is -1.09. The molecule has 0 N–H and O–H groups in total. The molecule has 0 unspecified atom stereocenters. The topological polar surface area (TPSA) is 21.6 Å². The van der Waals surface area contributed by atoms with E-state index in [-0.39, 0.29) is 0 Å². The SMILES string of the molecule is C/C(=N\[Si](C)C)O[Si](C)C. The third-order valence-electron chi connectivity index (χ3n) is 0.733. The van der Waals surface area contributed by atoms with Gasteiger partial charge in [0.15, 0.2) is 14.9 Å². The van der Waals surface area contributed by atoms with Crippen molar-refractivity contribution >= 4 is 23.9 Å². The molecule has 0 aromatic carbocycles. The first-order valence-corrected chi connectivity index (χ1v) is 8.21. The van der Waals surface area contributed by atoms with Crippen LogP contribution in [0.3, 0.4) is 0 Å². The average Bonchev–Trinajstić information content (AvgIpc) is 1.58. The number of hydrogen-bond donors (Lipinski definition) is 0. The molecular formula is C6H15NOSi2. The molecule has 0 heterocycles. The van der Waals surface area contributed by atoms with Gasteiger partial charge < -0.3 is 4.43 Å². The van der Waals surface area contributed by atoms with E-state index < -0.39 is 18.0 Å². The Labute approximate surface area is 66.7 Å². The van der Waals surface area contributed by atoms with E-state index in [1.807, 2.05) is 6.92 Å². The molecule has 10 heavy (non-hydrogen) atoms. The van der Waals surface area contributed by atoms with Crippen molar-refractivity contribution in [3.05, 3.63) is 0 Å². The van der Waals surface area contributed by atoms with Gasteiger partial charge in [0, 0.05) is 6.92 Å². The van der Waals surface area contributed by atoms with Gasteiger partial charge in [-0.05, 0) is 13.1 Å². The maximum absolute atomic E-state index is 5.44. The molecule has 0 aliphatic carbocycles. The Balaban J connectivity index is 3.71. The fourth-order valence-corrected chi connectivity index (χ4v) is 2.04. The highest BCUT2D eigenvalue weighted by molar-refractivity contribution is 6.56. The Hall–Kier alpha value is -0.0962. The monoisotopic (exact) mass is 173 g/mol. The van der Waals surface area contributed by atoms with E-state index in [0.717, 1.165) is 5.90 Å². The average molecular weight is 173 g/mol.